The van der Waals surface area contributed by atoms with Gasteiger partial charge in [0, 0.05) is 16.6 Å². The van der Waals surface area contributed by atoms with Crippen LogP contribution in [-0.4, -0.2) is 25.2 Å². The summed E-state index contributed by atoms with van der Waals surface area (Å²) in [6.45, 7) is 3.85. The molecule has 156 valence electrons. The third kappa shape index (κ3) is 5.22. The van der Waals surface area contributed by atoms with Gasteiger partial charge in [0.25, 0.3) is 15.9 Å². The minimum atomic E-state index is -3.79. The van der Waals surface area contributed by atoms with Gasteiger partial charge in [-0.25, -0.2) is 13.4 Å². The van der Waals surface area contributed by atoms with Crippen molar-refractivity contribution in [2.45, 2.75) is 25.2 Å². The first kappa shape index (κ1) is 21.5. The van der Waals surface area contributed by atoms with Gasteiger partial charge < -0.3 is 5.73 Å². The Bertz CT molecular complexity index is 1200. The zero-order chi connectivity index (χ0) is 21.9. The molecule has 30 heavy (non-hydrogen) atoms. The highest BCUT2D eigenvalue weighted by Crippen LogP contribution is 2.20. The minimum absolute atomic E-state index is 0.00751. The van der Waals surface area contributed by atoms with E-state index in [4.69, 9.17) is 5.73 Å². The number of primary amides is 1. The van der Waals surface area contributed by atoms with Gasteiger partial charge in [-0.1, -0.05) is 6.07 Å². The second-order valence-corrected chi connectivity index (χ2v) is 9.21. The number of carbonyl (C=O) groups excluding carboxylic acids is 2. The quantitative estimate of drug-likeness (QED) is 0.516. The number of amides is 2. The Morgan fingerprint density at radius 3 is 2.40 bits per heavy atom. The first-order chi connectivity index (χ1) is 14.1. The first-order valence-electron chi connectivity index (χ1n) is 8.88. The van der Waals surface area contributed by atoms with E-state index in [9.17, 15) is 18.0 Å². The Hall–Kier alpha value is -3.24. The summed E-state index contributed by atoms with van der Waals surface area (Å²) < 4.78 is 27.7. The Kier molecular flexibility index (Phi) is 6.18. The number of nitrogens with one attached hydrogen (secondary N) is 2. The van der Waals surface area contributed by atoms with E-state index in [-0.39, 0.29) is 16.9 Å². The molecule has 10 heteroatoms. The Morgan fingerprint density at radius 1 is 1.07 bits per heavy atom. The Labute approximate surface area is 178 Å². The van der Waals surface area contributed by atoms with Crippen molar-refractivity contribution >= 4 is 44.0 Å². The van der Waals surface area contributed by atoms with Crippen LogP contribution in [0.5, 0.6) is 0 Å². The van der Waals surface area contributed by atoms with Crippen molar-refractivity contribution in [3.63, 3.8) is 0 Å². The standard InChI is InChI=1S/C20H20N4O4S2/c1-12-3-6-15(9-13(12)2)24-30(27,28)17-7-4-14(5-8-17)19(26)23-20-22-16(11-29-20)10-18(21)25/h3-9,11,24H,10H2,1-2H3,(H2,21,25)(H,22,23,26). The molecule has 3 rings (SSSR count). The lowest BCUT2D eigenvalue weighted by Crippen LogP contribution is -2.15. The van der Waals surface area contributed by atoms with E-state index >= 15 is 0 Å². The first-order valence-corrected chi connectivity index (χ1v) is 11.2. The number of thiazole rings is 1. The molecule has 0 aliphatic rings. The summed E-state index contributed by atoms with van der Waals surface area (Å²) in [7, 11) is -3.79. The van der Waals surface area contributed by atoms with Crippen LogP contribution in [0.15, 0.2) is 52.7 Å². The van der Waals surface area contributed by atoms with Crippen molar-refractivity contribution in [1.82, 2.24) is 4.98 Å². The van der Waals surface area contributed by atoms with Gasteiger partial charge in [0.2, 0.25) is 5.91 Å². The molecule has 0 spiro atoms. The predicted octanol–water partition coefficient (Wildman–Crippen LogP) is 2.84. The summed E-state index contributed by atoms with van der Waals surface area (Å²) in [6.07, 6.45) is -0.00751. The number of nitrogens with zero attached hydrogens (tertiary/aromatic N) is 1. The Balaban J connectivity index is 1.70. The van der Waals surface area contributed by atoms with Crippen LogP contribution in [0.4, 0.5) is 10.8 Å². The summed E-state index contributed by atoms with van der Waals surface area (Å²) in [5.74, 6) is -0.953. The van der Waals surface area contributed by atoms with E-state index in [0.29, 0.717) is 16.5 Å². The van der Waals surface area contributed by atoms with Crippen LogP contribution in [0.25, 0.3) is 0 Å². The van der Waals surface area contributed by atoms with E-state index in [1.54, 1.807) is 17.5 Å². The molecule has 0 saturated heterocycles. The highest BCUT2D eigenvalue weighted by molar-refractivity contribution is 7.92. The van der Waals surface area contributed by atoms with Crippen LogP contribution in [0.1, 0.15) is 27.2 Å². The smallest absolute Gasteiger partial charge is 0.261 e. The number of benzene rings is 2. The molecule has 0 atom stereocenters. The number of hydrogen-bond donors (Lipinski definition) is 3. The summed E-state index contributed by atoms with van der Waals surface area (Å²) in [5, 5.41) is 4.57. The highest BCUT2D eigenvalue weighted by Gasteiger charge is 2.16. The monoisotopic (exact) mass is 444 g/mol. The lowest BCUT2D eigenvalue weighted by Gasteiger charge is -2.10. The molecule has 4 N–H and O–H groups in total. The third-order valence-electron chi connectivity index (χ3n) is 4.31. The van der Waals surface area contributed by atoms with Gasteiger partial charge in [0.1, 0.15) is 0 Å². The van der Waals surface area contributed by atoms with Crippen LogP contribution in [0.2, 0.25) is 0 Å². The van der Waals surface area contributed by atoms with Crippen LogP contribution in [0, 0.1) is 13.8 Å². The molecule has 0 aliphatic heterocycles. The predicted molar refractivity (Wildman–Crippen MR) is 116 cm³/mol. The number of hydrogen-bond acceptors (Lipinski definition) is 6. The lowest BCUT2D eigenvalue weighted by atomic mass is 10.1. The fourth-order valence-corrected chi connectivity index (χ4v) is 4.35. The second-order valence-electron chi connectivity index (χ2n) is 6.67. The van der Waals surface area contributed by atoms with Crippen LogP contribution in [0.3, 0.4) is 0 Å². The molecular weight excluding hydrogens is 424 g/mol. The fraction of sp³-hybridized carbons (Fsp3) is 0.150. The molecule has 8 nitrogen and oxygen atoms in total. The number of anilines is 2. The van der Waals surface area contributed by atoms with Crippen molar-refractivity contribution in [2.24, 2.45) is 5.73 Å². The average Bonchev–Trinajstić information content (AvgIpc) is 3.10. The van der Waals surface area contributed by atoms with E-state index in [2.05, 4.69) is 15.0 Å². The summed E-state index contributed by atoms with van der Waals surface area (Å²) in [5.41, 5.74) is 8.37. The van der Waals surface area contributed by atoms with Gasteiger partial charge in [-0.3, -0.25) is 19.6 Å². The summed E-state index contributed by atoms with van der Waals surface area (Å²) in [6, 6.07) is 10.9. The van der Waals surface area contributed by atoms with Gasteiger partial charge in [-0.05, 0) is 61.4 Å². The van der Waals surface area contributed by atoms with Crippen LogP contribution < -0.4 is 15.8 Å². The van der Waals surface area contributed by atoms with Crippen molar-refractivity contribution in [1.29, 1.82) is 0 Å². The average molecular weight is 445 g/mol. The van der Waals surface area contributed by atoms with E-state index in [0.717, 1.165) is 11.1 Å². The lowest BCUT2D eigenvalue weighted by molar-refractivity contribution is -0.117. The molecule has 1 aromatic heterocycles. The van der Waals surface area contributed by atoms with Gasteiger partial charge >= 0.3 is 0 Å². The number of aryl methyl sites for hydroxylation is 2. The maximum absolute atomic E-state index is 12.6. The SMILES string of the molecule is Cc1ccc(NS(=O)(=O)c2ccc(C(=O)Nc3nc(CC(N)=O)cs3)cc2)cc1C. The van der Waals surface area contributed by atoms with Crippen LogP contribution >= 0.6 is 11.3 Å². The molecule has 0 radical (unpaired) electrons. The van der Waals surface area contributed by atoms with E-state index in [1.807, 2.05) is 19.9 Å². The summed E-state index contributed by atoms with van der Waals surface area (Å²) in [4.78, 5) is 27.4. The molecule has 3 aromatic rings. The van der Waals surface area contributed by atoms with Gasteiger partial charge in [0.05, 0.1) is 17.0 Å². The Morgan fingerprint density at radius 2 is 1.77 bits per heavy atom. The van der Waals surface area contributed by atoms with Gasteiger partial charge in [0.15, 0.2) is 5.13 Å². The van der Waals surface area contributed by atoms with Crippen molar-refractivity contribution in [3.8, 4) is 0 Å². The molecule has 0 aliphatic carbocycles. The maximum atomic E-state index is 12.6. The number of aromatic nitrogens is 1. The van der Waals surface area contributed by atoms with Crippen molar-refractivity contribution < 1.29 is 18.0 Å². The number of nitrogens with two attached hydrogens (primary N) is 1. The van der Waals surface area contributed by atoms with Crippen LogP contribution in [-0.2, 0) is 21.2 Å². The van der Waals surface area contributed by atoms with Gasteiger partial charge in [-0.2, -0.15) is 0 Å². The highest BCUT2D eigenvalue weighted by atomic mass is 32.2. The van der Waals surface area contributed by atoms with E-state index < -0.39 is 21.8 Å². The number of carbonyl (C=O) groups is 2. The number of rotatable bonds is 7. The maximum Gasteiger partial charge on any atom is 0.261 e. The zero-order valence-corrected chi connectivity index (χ0v) is 17.9. The molecule has 1 heterocycles. The number of sulfonamides is 1. The minimum Gasteiger partial charge on any atom is -0.369 e. The topological polar surface area (TPSA) is 131 Å². The molecule has 0 saturated carbocycles. The zero-order valence-electron chi connectivity index (χ0n) is 16.3. The fourth-order valence-electron chi connectivity index (χ4n) is 2.60. The summed E-state index contributed by atoms with van der Waals surface area (Å²) >= 11 is 1.17. The second kappa shape index (κ2) is 8.64. The molecule has 2 aromatic carbocycles. The largest absolute Gasteiger partial charge is 0.369 e. The van der Waals surface area contributed by atoms with Gasteiger partial charge in [-0.15, -0.1) is 11.3 Å². The third-order valence-corrected chi connectivity index (χ3v) is 6.52. The van der Waals surface area contributed by atoms with Crippen molar-refractivity contribution in [2.75, 3.05) is 10.0 Å². The molecule has 0 bridgehead atoms. The van der Waals surface area contributed by atoms with E-state index in [1.165, 1.54) is 35.6 Å². The molecule has 0 unspecified atom stereocenters. The molecule has 2 amide bonds. The molecular formula is C20H20N4O4S2. The normalized spacial score (nSPS) is 11.1. The van der Waals surface area contributed by atoms with Crippen molar-refractivity contribution in [3.05, 3.63) is 70.2 Å². The molecule has 0 fully saturated rings.